The molecule has 0 spiro atoms. The molecule has 6 nitrogen and oxygen atoms in total. The number of nitrogens with zero attached hydrogens (tertiary/aromatic N) is 1. The predicted octanol–water partition coefficient (Wildman–Crippen LogP) is 0.794. The van der Waals surface area contributed by atoms with Gasteiger partial charge < -0.3 is 9.84 Å². The summed E-state index contributed by atoms with van der Waals surface area (Å²) in [6, 6.07) is 0. The number of aliphatic carboxylic acids is 1. The molecule has 3 aliphatic rings. The van der Waals surface area contributed by atoms with Crippen molar-refractivity contribution in [1.29, 1.82) is 0 Å². The largest absolute Gasteiger partial charge is 0.481 e. The minimum absolute atomic E-state index is 0.119. The fraction of sp³-hybridized carbons (Fsp3) is 0.786. The molecule has 2 aliphatic heterocycles. The third kappa shape index (κ3) is 2.22. The monoisotopic (exact) mass is 281 g/mol. The molecule has 0 aromatic heterocycles. The minimum Gasteiger partial charge on any atom is -0.481 e. The summed E-state index contributed by atoms with van der Waals surface area (Å²) in [6.45, 7) is 0.241. The van der Waals surface area contributed by atoms with Crippen LogP contribution in [-0.4, -0.2) is 46.5 Å². The van der Waals surface area contributed by atoms with E-state index in [-0.39, 0.29) is 24.3 Å². The van der Waals surface area contributed by atoms with Crippen LogP contribution in [0.3, 0.4) is 0 Å². The van der Waals surface area contributed by atoms with Crippen LogP contribution < -0.4 is 0 Å². The van der Waals surface area contributed by atoms with Crippen molar-refractivity contribution in [2.75, 3.05) is 6.54 Å². The third-order valence-corrected chi connectivity index (χ3v) is 4.75. The van der Waals surface area contributed by atoms with E-state index in [0.29, 0.717) is 19.3 Å². The van der Waals surface area contributed by atoms with Crippen molar-refractivity contribution in [3.8, 4) is 0 Å². The fourth-order valence-electron chi connectivity index (χ4n) is 3.62. The molecule has 0 aromatic rings. The van der Waals surface area contributed by atoms with Crippen LogP contribution in [0, 0.1) is 11.8 Å². The number of morpholine rings is 1. The number of rotatable bonds is 3. The number of carboxylic acids is 1. The van der Waals surface area contributed by atoms with E-state index in [1.165, 1.54) is 4.90 Å². The minimum atomic E-state index is -0.814. The molecule has 2 amide bonds. The van der Waals surface area contributed by atoms with Crippen molar-refractivity contribution in [3.05, 3.63) is 0 Å². The molecule has 4 unspecified atom stereocenters. The average molecular weight is 281 g/mol. The number of likely N-dealkylation sites (tertiary alicyclic amines) is 1. The van der Waals surface area contributed by atoms with Gasteiger partial charge in [-0.15, -0.1) is 0 Å². The summed E-state index contributed by atoms with van der Waals surface area (Å²) >= 11 is 0. The van der Waals surface area contributed by atoms with Crippen molar-refractivity contribution in [2.45, 2.75) is 50.7 Å². The maximum Gasteiger partial charge on any atom is 0.306 e. The molecule has 0 aromatic carbocycles. The molecule has 20 heavy (non-hydrogen) atoms. The van der Waals surface area contributed by atoms with Gasteiger partial charge in [0.1, 0.15) is 12.2 Å². The van der Waals surface area contributed by atoms with E-state index in [9.17, 15) is 19.5 Å². The quantitative estimate of drug-likeness (QED) is 0.773. The Morgan fingerprint density at radius 2 is 1.70 bits per heavy atom. The second kappa shape index (κ2) is 5.16. The summed E-state index contributed by atoms with van der Waals surface area (Å²) in [5, 5.41) is 9.27. The number of carbonyl (C=O) groups is 3. The van der Waals surface area contributed by atoms with E-state index in [4.69, 9.17) is 4.74 Å². The summed E-state index contributed by atoms with van der Waals surface area (Å²) in [7, 11) is 0. The Bertz CT molecular complexity index is 427. The van der Waals surface area contributed by atoms with Crippen molar-refractivity contribution in [3.63, 3.8) is 0 Å². The lowest BCUT2D eigenvalue weighted by atomic mass is 9.79. The number of fused-ring (bicyclic) bond motifs is 2. The van der Waals surface area contributed by atoms with Crippen LogP contribution in [0.1, 0.15) is 38.5 Å². The molecule has 110 valence electrons. The van der Waals surface area contributed by atoms with Gasteiger partial charge in [-0.2, -0.15) is 0 Å². The van der Waals surface area contributed by atoms with Crippen LogP contribution in [0.2, 0.25) is 0 Å². The summed E-state index contributed by atoms with van der Waals surface area (Å²) < 4.78 is 5.36. The van der Waals surface area contributed by atoms with Crippen molar-refractivity contribution < 1.29 is 24.2 Å². The molecular weight excluding hydrogens is 262 g/mol. The topological polar surface area (TPSA) is 83.9 Å². The number of imide groups is 1. The van der Waals surface area contributed by atoms with Gasteiger partial charge in [0.25, 0.3) is 11.8 Å². The molecule has 2 bridgehead atoms. The number of hydrogen-bond acceptors (Lipinski definition) is 4. The summed E-state index contributed by atoms with van der Waals surface area (Å²) in [5.41, 5.74) is 0. The van der Waals surface area contributed by atoms with Crippen molar-refractivity contribution in [2.24, 2.45) is 11.8 Å². The van der Waals surface area contributed by atoms with Crippen LogP contribution in [0.25, 0.3) is 0 Å². The van der Waals surface area contributed by atoms with E-state index in [2.05, 4.69) is 0 Å². The number of carboxylic acid groups (broad SMARTS) is 1. The van der Waals surface area contributed by atoms with Gasteiger partial charge in [0, 0.05) is 6.54 Å². The zero-order chi connectivity index (χ0) is 14.3. The van der Waals surface area contributed by atoms with Gasteiger partial charge in [-0.05, 0) is 31.6 Å². The van der Waals surface area contributed by atoms with Crippen LogP contribution in [0.5, 0.6) is 0 Å². The first-order valence-electron chi connectivity index (χ1n) is 7.31. The molecule has 3 fully saturated rings. The maximum absolute atomic E-state index is 12.2. The van der Waals surface area contributed by atoms with Gasteiger partial charge in [0.05, 0.1) is 5.92 Å². The highest BCUT2D eigenvalue weighted by Gasteiger charge is 2.47. The molecular formula is C14H19NO5. The first-order valence-corrected chi connectivity index (χ1v) is 7.31. The molecule has 1 N–H and O–H groups in total. The smallest absolute Gasteiger partial charge is 0.306 e. The fourth-order valence-corrected chi connectivity index (χ4v) is 3.62. The Balaban J connectivity index is 1.74. The Morgan fingerprint density at radius 3 is 2.30 bits per heavy atom. The van der Waals surface area contributed by atoms with Gasteiger partial charge in [0.2, 0.25) is 0 Å². The predicted molar refractivity (Wildman–Crippen MR) is 67.7 cm³/mol. The maximum atomic E-state index is 12.2. The van der Waals surface area contributed by atoms with Crippen LogP contribution >= 0.6 is 0 Å². The first kappa shape index (κ1) is 13.5. The second-order valence-electron chi connectivity index (χ2n) is 5.97. The Morgan fingerprint density at radius 1 is 1.10 bits per heavy atom. The van der Waals surface area contributed by atoms with E-state index in [0.717, 1.165) is 19.3 Å². The van der Waals surface area contributed by atoms with Crippen molar-refractivity contribution >= 4 is 17.8 Å². The van der Waals surface area contributed by atoms with E-state index < -0.39 is 24.1 Å². The molecule has 1 saturated carbocycles. The zero-order valence-electron chi connectivity index (χ0n) is 11.3. The highest BCUT2D eigenvalue weighted by atomic mass is 16.5. The van der Waals surface area contributed by atoms with Crippen molar-refractivity contribution in [1.82, 2.24) is 4.90 Å². The number of ether oxygens (including phenoxy) is 1. The average Bonchev–Trinajstić information content (AvgIpc) is 2.89. The Hall–Kier alpha value is -1.43. The summed E-state index contributed by atoms with van der Waals surface area (Å²) in [4.78, 5) is 36.9. The Kier molecular flexibility index (Phi) is 3.50. The number of amides is 2. The molecule has 2 heterocycles. The van der Waals surface area contributed by atoms with Gasteiger partial charge in [0.15, 0.2) is 0 Å². The zero-order valence-corrected chi connectivity index (χ0v) is 11.3. The normalized spacial score (nSPS) is 37.3. The highest BCUT2D eigenvalue weighted by Crippen LogP contribution is 2.34. The van der Waals surface area contributed by atoms with Gasteiger partial charge >= 0.3 is 5.97 Å². The highest BCUT2D eigenvalue weighted by molar-refractivity contribution is 6.02. The molecule has 6 heteroatoms. The van der Waals surface area contributed by atoms with E-state index in [1.54, 1.807) is 0 Å². The first-order chi connectivity index (χ1) is 9.58. The van der Waals surface area contributed by atoms with Gasteiger partial charge in [-0.25, -0.2) is 0 Å². The number of hydrogen-bond donors (Lipinski definition) is 1. The van der Waals surface area contributed by atoms with Gasteiger partial charge in [-0.3, -0.25) is 19.3 Å². The Labute approximate surface area is 117 Å². The molecule has 4 atom stereocenters. The summed E-state index contributed by atoms with van der Waals surface area (Å²) in [6.07, 6.45) is 3.48. The lowest BCUT2D eigenvalue weighted by molar-refractivity contribution is -0.170. The molecule has 3 rings (SSSR count). The molecule has 1 aliphatic carbocycles. The molecule has 0 radical (unpaired) electrons. The lowest BCUT2D eigenvalue weighted by Crippen LogP contribution is -2.54. The van der Waals surface area contributed by atoms with Crippen LogP contribution in [-0.2, 0) is 19.1 Å². The van der Waals surface area contributed by atoms with E-state index in [1.807, 2.05) is 0 Å². The van der Waals surface area contributed by atoms with Crippen LogP contribution in [0.4, 0.5) is 0 Å². The van der Waals surface area contributed by atoms with Crippen LogP contribution in [0.15, 0.2) is 0 Å². The molecule has 2 saturated heterocycles. The number of carbonyl (C=O) groups excluding carboxylic acids is 2. The van der Waals surface area contributed by atoms with Gasteiger partial charge in [-0.1, -0.05) is 12.8 Å². The van der Waals surface area contributed by atoms with E-state index >= 15 is 0 Å². The third-order valence-electron chi connectivity index (χ3n) is 4.75. The summed E-state index contributed by atoms with van der Waals surface area (Å²) in [5.74, 6) is -1.93. The SMILES string of the molecule is O=C(O)C1CCCCC1CN1C(=O)C2CCC(O2)C1=O. The second-order valence-corrected chi connectivity index (χ2v) is 5.97. The lowest BCUT2D eigenvalue weighted by Gasteiger charge is -2.36. The standard InChI is InChI=1S/C14H19NO5/c16-12-10-5-6-11(20-10)13(17)15(12)7-8-3-1-2-4-9(8)14(18)19/h8-11H,1-7H2,(H,18,19).